The summed E-state index contributed by atoms with van der Waals surface area (Å²) in [5.74, 6) is -2.72. The normalized spacial score (nSPS) is 17.9. The molecule has 2 amide bonds. The molecule has 10 heteroatoms. The molecule has 10 nitrogen and oxygen atoms in total. The summed E-state index contributed by atoms with van der Waals surface area (Å²) >= 11 is 0. The third kappa shape index (κ3) is 4.31. The maximum Gasteiger partial charge on any atom is 0.337 e. The topological polar surface area (TPSA) is 164 Å². The molecule has 4 rings (SSSR count). The monoisotopic (exact) mass is 504 g/mol. The fourth-order valence-electron chi connectivity index (χ4n) is 4.61. The third-order valence-electron chi connectivity index (χ3n) is 7.20. The van der Waals surface area contributed by atoms with Crippen LogP contribution < -0.4 is 10.6 Å². The van der Waals surface area contributed by atoms with Crippen molar-refractivity contribution in [3.8, 4) is 0 Å². The summed E-state index contributed by atoms with van der Waals surface area (Å²) in [6.07, 6.45) is 3.35. The highest BCUT2D eigenvalue weighted by Gasteiger charge is 2.27. The van der Waals surface area contributed by atoms with E-state index in [0.717, 1.165) is 11.1 Å². The first-order valence-corrected chi connectivity index (χ1v) is 11.6. The number of hydrogen-bond donors (Lipinski definition) is 6. The number of aromatic amines is 2. The van der Waals surface area contributed by atoms with Crippen molar-refractivity contribution in [2.75, 3.05) is 0 Å². The van der Waals surface area contributed by atoms with Gasteiger partial charge in [0.05, 0.1) is 11.1 Å². The predicted octanol–water partition coefficient (Wildman–Crippen LogP) is 3.56. The van der Waals surface area contributed by atoms with E-state index in [0.29, 0.717) is 56.4 Å². The second-order valence-electron chi connectivity index (χ2n) is 9.35. The Labute approximate surface area is 212 Å². The first-order chi connectivity index (χ1) is 17.3. The number of carbonyl (C=O) groups excluding carboxylic acids is 2. The number of carbonyl (C=O) groups is 4. The van der Waals surface area contributed by atoms with E-state index in [2.05, 4.69) is 20.6 Å². The Kier molecular flexibility index (Phi) is 6.29. The molecule has 2 aromatic rings. The maximum atomic E-state index is 12.2. The van der Waals surface area contributed by atoms with Gasteiger partial charge in [-0.3, -0.25) is 9.59 Å². The van der Waals surface area contributed by atoms with Crippen molar-refractivity contribution in [2.24, 2.45) is 0 Å². The first kappa shape index (κ1) is 25.5. The smallest absolute Gasteiger partial charge is 0.337 e. The van der Waals surface area contributed by atoms with Crippen LogP contribution in [0.1, 0.15) is 82.3 Å². The number of hydrogen-bond acceptors (Lipinski definition) is 4. The minimum atomic E-state index is -1.15. The Balaban J connectivity index is 1.79. The standard InChI is InChI=1S/C27H28N4O6/c1-10-12(3)24(32)30-16(10)7-18-14(5)22(26(34)35)20(28-18)9-21-23(27(36)37)15(6)19(29-21)8-17-11(2)13(4)25(33)31-17/h7-8,28-29H,9H2,1-6H3,(H,30,32)(H,31,33)(H,34,35)(H,36,37)/b16-7-,17-8-. The summed E-state index contributed by atoms with van der Waals surface area (Å²) < 4.78 is 0. The molecule has 0 fully saturated rings. The molecular weight excluding hydrogens is 476 g/mol. The number of carboxylic acids is 2. The van der Waals surface area contributed by atoms with Crippen LogP contribution in [0, 0.1) is 13.8 Å². The van der Waals surface area contributed by atoms with Crippen LogP contribution in [0.3, 0.4) is 0 Å². The number of aromatic nitrogens is 2. The second-order valence-corrected chi connectivity index (χ2v) is 9.35. The molecule has 4 heterocycles. The summed E-state index contributed by atoms with van der Waals surface area (Å²) in [5, 5.41) is 25.4. The lowest BCUT2D eigenvalue weighted by Gasteiger charge is -2.02. The van der Waals surface area contributed by atoms with Crippen molar-refractivity contribution in [1.82, 2.24) is 20.6 Å². The van der Waals surface area contributed by atoms with Gasteiger partial charge in [-0.05, 0) is 76.0 Å². The molecule has 0 saturated heterocycles. The second kappa shape index (κ2) is 9.12. The fraction of sp³-hybridized carbons (Fsp3) is 0.259. The van der Waals surface area contributed by atoms with Gasteiger partial charge in [-0.15, -0.1) is 0 Å². The fourth-order valence-corrected chi connectivity index (χ4v) is 4.61. The van der Waals surface area contributed by atoms with Crippen molar-refractivity contribution in [3.63, 3.8) is 0 Å². The highest BCUT2D eigenvalue weighted by molar-refractivity contribution is 6.02. The van der Waals surface area contributed by atoms with Gasteiger partial charge in [0.25, 0.3) is 11.8 Å². The molecule has 0 saturated carbocycles. The number of rotatable bonds is 6. The van der Waals surface area contributed by atoms with Crippen LogP contribution in [0.4, 0.5) is 0 Å². The molecule has 0 spiro atoms. The molecule has 2 aliphatic heterocycles. The number of allylic oxidation sites excluding steroid dienone is 2. The van der Waals surface area contributed by atoms with E-state index in [9.17, 15) is 29.4 Å². The molecule has 0 unspecified atom stereocenters. The molecule has 37 heavy (non-hydrogen) atoms. The van der Waals surface area contributed by atoms with E-state index in [1.807, 2.05) is 0 Å². The zero-order valence-electron chi connectivity index (χ0n) is 21.4. The molecule has 0 bridgehead atoms. The number of carboxylic acid groups (broad SMARTS) is 2. The minimum Gasteiger partial charge on any atom is -0.478 e. The Hall–Kier alpha value is -4.60. The molecule has 2 aliphatic rings. The van der Waals surface area contributed by atoms with Crippen LogP contribution in [-0.2, 0) is 16.0 Å². The maximum absolute atomic E-state index is 12.2. The third-order valence-corrected chi connectivity index (χ3v) is 7.20. The van der Waals surface area contributed by atoms with Gasteiger partial charge in [-0.2, -0.15) is 0 Å². The Bertz CT molecular complexity index is 1430. The average Bonchev–Trinajstić information content (AvgIpc) is 3.45. The molecule has 0 aliphatic carbocycles. The van der Waals surface area contributed by atoms with Gasteiger partial charge in [0.1, 0.15) is 0 Å². The summed E-state index contributed by atoms with van der Waals surface area (Å²) in [7, 11) is 0. The van der Waals surface area contributed by atoms with Gasteiger partial charge < -0.3 is 30.8 Å². The van der Waals surface area contributed by atoms with Crippen LogP contribution in [0.2, 0.25) is 0 Å². The Morgan fingerprint density at radius 3 is 1.27 bits per heavy atom. The highest BCUT2D eigenvalue weighted by Crippen LogP contribution is 2.30. The summed E-state index contributed by atoms with van der Waals surface area (Å²) in [4.78, 5) is 54.6. The van der Waals surface area contributed by atoms with E-state index in [4.69, 9.17) is 0 Å². The van der Waals surface area contributed by atoms with Gasteiger partial charge in [0.15, 0.2) is 0 Å². The summed E-state index contributed by atoms with van der Waals surface area (Å²) in [6, 6.07) is 0. The zero-order valence-corrected chi connectivity index (χ0v) is 21.4. The van der Waals surface area contributed by atoms with Crippen LogP contribution in [0.15, 0.2) is 33.7 Å². The number of H-pyrrole nitrogens is 2. The van der Waals surface area contributed by atoms with Gasteiger partial charge in [-0.25, -0.2) is 9.59 Å². The molecule has 192 valence electrons. The van der Waals surface area contributed by atoms with Crippen molar-refractivity contribution in [3.05, 3.63) is 78.7 Å². The summed E-state index contributed by atoms with van der Waals surface area (Å²) in [6.45, 7) is 10.4. The average molecular weight is 505 g/mol. The minimum absolute atomic E-state index is 0.0162. The molecule has 0 radical (unpaired) electrons. The van der Waals surface area contributed by atoms with Crippen molar-refractivity contribution in [2.45, 2.75) is 48.0 Å². The molecule has 6 N–H and O–H groups in total. The van der Waals surface area contributed by atoms with Crippen molar-refractivity contribution in [1.29, 1.82) is 0 Å². The lowest BCUT2D eigenvalue weighted by atomic mass is 10.0. The van der Waals surface area contributed by atoms with E-state index in [-0.39, 0.29) is 29.4 Å². The molecule has 2 aromatic heterocycles. The SMILES string of the molecule is CC1=C(C)/C(=C/c2[nH]c(Cc3[nH]c(/C=C4\NC(=O)C(C)=C4C)c(C)c3C(=O)O)c(C(=O)O)c2C)NC1=O. The van der Waals surface area contributed by atoms with Crippen molar-refractivity contribution >= 4 is 35.9 Å². The molecule has 0 atom stereocenters. The first-order valence-electron chi connectivity index (χ1n) is 11.6. The molecular formula is C27H28N4O6. The van der Waals surface area contributed by atoms with E-state index in [1.54, 1.807) is 53.7 Å². The predicted molar refractivity (Wildman–Crippen MR) is 137 cm³/mol. The largest absolute Gasteiger partial charge is 0.478 e. The van der Waals surface area contributed by atoms with Gasteiger partial charge >= 0.3 is 11.9 Å². The van der Waals surface area contributed by atoms with Crippen LogP contribution in [-0.4, -0.2) is 43.9 Å². The zero-order chi connectivity index (χ0) is 27.3. The Morgan fingerprint density at radius 2 is 1.00 bits per heavy atom. The highest BCUT2D eigenvalue weighted by atomic mass is 16.4. The molecule has 0 aromatic carbocycles. The van der Waals surface area contributed by atoms with Gasteiger partial charge in [0, 0.05) is 51.7 Å². The van der Waals surface area contributed by atoms with Crippen LogP contribution in [0.25, 0.3) is 12.2 Å². The van der Waals surface area contributed by atoms with E-state index >= 15 is 0 Å². The van der Waals surface area contributed by atoms with E-state index in [1.165, 1.54) is 0 Å². The number of nitrogens with one attached hydrogen (secondary N) is 4. The van der Waals surface area contributed by atoms with Crippen LogP contribution >= 0.6 is 0 Å². The lowest BCUT2D eigenvalue weighted by molar-refractivity contribution is -0.117. The van der Waals surface area contributed by atoms with Crippen molar-refractivity contribution < 1.29 is 29.4 Å². The Morgan fingerprint density at radius 1 is 0.649 bits per heavy atom. The lowest BCUT2D eigenvalue weighted by Crippen LogP contribution is -2.15. The van der Waals surface area contributed by atoms with E-state index < -0.39 is 11.9 Å². The number of amides is 2. The number of aromatic carboxylic acids is 2. The summed E-state index contributed by atoms with van der Waals surface area (Å²) in [5.41, 5.74) is 6.51. The quantitative estimate of drug-likeness (QED) is 0.352. The van der Waals surface area contributed by atoms with Crippen LogP contribution in [0.5, 0.6) is 0 Å². The van der Waals surface area contributed by atoms with Gasteiger partial charge in [0.2, 0.25) is 0 Å². The van der Waals surface area contributed by atoms with Gasteiger partial charge in [-0.1, -0.05) is 0 Å².